The summed E-state index contributed by atoms with van der Waals surface area (Å²) in [6.07, 6.45) is 0. The Kier molecular flexibility index (Phi) is 5.21. The molecule has 0 aliphatic heterocycles. The van der Waals surface area contributed by atoms with Crippen LogP contribution in [0, 0.1) is 12.7 Å². The van der Waals surface area contributed by atoms with Gasteiger partial charge < -0.3 is 10.1 Å². The molecule has 4 heteroatoms. The lowest BCUT2D eigenvalue weighted by atomic mass is 10.1. The van der Waals surface area contributed by atoms with Crippen LogP contribution in [-0.4, -0.2) is 6.04 Å². The molecule has 0 bridgehead atoms. The van der Waals surface area contributed by atoms with Gasteiger partial charge in [-0.1, -0.05) is 25.4 Å². The molecule has 2 nitrogen and oxygen atoms in total. The predicted octanol–water partition coefficient (Wildman–Crippen LogP) is 5.08. The fraction of sp³-hybridized carbons (Fsp3) is 0.294. The molecule has 0 heterocycles. The number of aryl methyl sites for hydroxylation is 1. The molecule has 0 saturated carbocycles. The number of ether oxygens (including phenoxy) is 1. The molecule has 0 amide bonds. The van der Waals surface area contributed by atoms with Gasteiger partial charge in [-0.05, 0) is 48.9 Å². The van der Waals surface area contributed by atoms with Crippen molar-refractivity contribution in [3.8, 4) is 11.5 Å². The van der Waals surface area contributed by atoms with Gasteiger partial charge in [-0.15, -0.1) is 0 Å². The first kappa shape index (κ1) is 15.8. The summed E-state index contributed by atoms with van der Waals surface area (Å²) in [7, 11) is 0. The van der Waals surface area contributed by atoms with Crippen LogP contribution in [0.1, 0.15) is 25.0 Å². The molecule has 2 aromatic carbocycles. The van der Waals surface area contributed by atoms with Crippen molar-refractivity contribution in [2.75, 3.05) is 0 Å². The summed E-state index contributed by atoms with van der Waals surface area (Å²) < 4.78 is 19.3. The third-order valence-corrected chi connectivity index (χ3v) is 3.50. The van der Waals surface area contributed by atoms with Crippen LogP contribution >= 0.6 is 11.6 Å². The van der Waals surface area contributed by atoms with Crippen LogP contribution in [0.4, 0.5) is 4.39 Å². The van der Waals surface area contributed by atoms with Gasteiger partial charge in [-0.3, -0.25) is 0 Å². The first-order chi connectivity index (χ1) is 9.95. The molecule has 0 radical (unpaired) electrons. The zero-order valence-corrected chi connectivity index (χ0v) is 13.2. The summed E-state index contributed by atoms with van der Waals surface area (Å²) in [5, 5.41) is 3.97. The van der Waals surface area contributed by atoms with E-state index in [9.17, 15) is 4.39 Å². The summed E-state index contributed by atoms with van der Waals surface area (Å²) in [6.45, 7) is 6.56. The van der Waals surface area contributed by atoms with E-state index >= 15 is 0 Å². The Morgan fingerprint density at radius 1 is 1.19 bits per heavy atom. The summed E-state index contributed by atoms with van der Waals surface area (Å²) in [4.78, 5) is 0. The zero-order valence-electron chi connectivity index (χ0n) is 12.4. The van der Waals surface area contributed by atoms with Gasteiger partial charge in [-0.25, -0.2) is 4.39 Å². The lowest BCUT2D eigenvalue weighted by Crippen LogP contribution is -2.22. The Morgan fingerprint density at radius 2 is 1.95 bits per heavy atom. The van der Waals surface area contributed by atoms with Crippen molar-refractivity contribution >= 4 is 11.6 Å². The fourth-order valence-corrected chi connectivity index (χ4v) is 2.03. The molecule has 21 heavy (non-hydrogen) atoms. The van der Waals surface area contributed by atoms with Crippen LogP contribution in [0.2, 0.25) is 5.02 Å². The number of nitrogens with one attached hydrogen (secondary N) is 1. The van der Waals surface area contributed by atoms with Crippen LogP contribution in [0.15, 0.2) is 36.4 Å². The molecule has 0 spiro atoms. The van der Waals surface area contributed by atoms with Crippen molar-refractivity contribution in [2.45, 2.75) is 33.4 Å². The molecule has 0 aliphatic rings. The largest absolute Gasteiger partial charge is 0.457 e. The minimum atomic E-state index is -0.268. The highest BCUT2D eigenvalue weighted by atomic mass is 35.5. The van der Waals surface area contributed by atoms with Gasteiger partial charge in [0.05, 0.1) is 0 Å². The molecule has 2 aromatic rings. The van der Waals surface area contributed by atoms with Crippen molar-refractivity contribution in [2.24, 2.45) is 0 Å². The zero-order chi connectivity index (χ0) is 15.4. The smallest absolute Gasteiger partial charge is 0.132 e. The lowest BCUT2D eigenvalue weighted by molar-refractivity contribution is 0.466. The second-order valence-electron chi connectivity index (χ2n) is 5.30. The molecule has 0 saturated heterocycles. The van der Waals surface area contributed by atoms with Gasteiger partial charge in [0.1, 0.15) is 17.3 Å². The molecular formula is C17H19ClFNO. The van der Waals surface area contributed by atoms with Crippen molar-refractivity contribution in [1.82, 2.24) is 5.32 Å². The normalized spacial score (nSPS) is 11.0. The number of benzene rings is 2. The van der Waals surface area contributed by atoms with E-state index in [0.29, 0.717) is 29.1 Å². The molecule has 112 valence electrons. The molecular weight excluding hydrogens is 289 g/mol. The van der Waals surface area contributed by atoms with Gasteiger partial charge in [0.2, 0.25) is 0 Å². The van der Waals surface area contributed by atoms with Gasteiger partial charge in [0.15, 0.2) is 0 Å². The Morgan fingerprint density at radius 3 is 2.62 bits per heavy atom. The molecule has 2 rings (SSSR count). The number of hydrogen-bond donors (Lipinski definition) is 1. The topological polar surface area (TPSA) is 21.3 Å². The molecule has 0 unspecified atom stereocenters. The van der Waals surface area contributed by atoms with Gasteiger partial charge in [0, 0.05) is 23.2 Å². The highest BCUT2D eigenvalue weighted by Gasteiger charge is 2.08. The van der Waals surface area contributed by atoms with Crippen LogP contribution in [0.25, 0.3) is 0 Å². The van der Waals surface area contributed by atoms with E-state index in [1.807, 2.05) is 26.8 Å². The average molecular weight is 308 g/mol. The lowest BCUT2D eigenvalue weighted by Gasteiger charge is -2.14. The summed E-state index contributed by atoms with van der Waals surface area (Å²) in [5.74, 6) is 1.07. The van der Waals surface area contributed by atoms with Crippen molar-refractivity contribution in [3.63, 3.8) is 0 Å². The number of halogens is 2. The average Bonchev–Trinajstić information content (AvgIpc) is 2.43. The third-order valence-electron chi connectivity index (χ3n) is 3.08. The number of rotatable bonds is 5. The second kappa shape index (κ2) is 6.92. The molecule has 0 fully saturated rings. The minimum Gasteiger partial charge on any atom is -0.457 e. The summed E-state index contributed by atoms with van der Waals surface area (Å²) in [6, 6.07) is 10.3. The predicted molar refractivity (Wildman–Crippen MR) is 84.6 cm³/mol. The number of hydrogen-bond acceptors (Lipinski definition) is 2. The van der Waals surface area contributed by atoms with Crippen LogP contribution in [-0.2, 0) is 6.54 Å². The van der Waals surface area contributed by atoms with E-state index in [0.717, 1.165) is 11.1 Å². The van der Waals surface area contributed by atoms with Crippen molar-refractivity contribution < 1.29 is 9.13 Å². The third kappa shape index (κ3) is 4.45. The maximum absolute atomic E-state index is 13.4. The van der Waals surface area contributed by atoms with E-state index in [1.54, 1.807) is 18.2 Å². The first-order valence-electron chi connectivity index (χ1n) is 6.91. The van der Waals surface area contributed by atoms with E-state index in [1.165, 1.54) is 12.1 Å². The quantitative estimate of drug-likeness (QED) is 0.832. The maximum atomic E-state index is 13.4. The monoisotopic (exact) mass is 307 g/mol. The highest BCUT2D eigenvalue weighted by molar-refractivity contribution is 6.31. The Labute approximate surface area is 129 Å². The van der Waals surface area contributed by atoms with E-state index in [2.05, 4.69) is 5.32 Å². The fourth-order valence-electron chi connectivity index (χ4n) is 1.91. The van der Waals surface area contributed by atoms with Crippen LogP contribution < -0.4 is 10.1 Å². The van der Waals surface area contributed by atoms with Gasteiger partial charge >= 0.3 is 0 Å². The SMILES string of the molecule is Cc1cc(Oc2ccc(F)cc2CNC(C)C)ccc1Cl. The maximum Gasteiger partial charge on any atom is 0.132 e. The van der Waals surface area contributed by atoms with E-state index in [4.69, 9.17) is 16.3 Å². The standard InChI is InChI=1S/C17H19ClFNO/c1-11(2)20-10-13-9-14(19)4-7-17(13)21-15-5-6-16(18)12(3)8-15/h4-9,11,20H,10H2,1-3H3. The van der Waals surface area contributed by atoms with Crippen LogP contribution in [0.5, 0.6) is 11.5 Å². The minimum absolute atomic E-state index is 0.268. The summed E-state index contributed by atoms with van der Waals surface area (Å²) in [5.41, 5.74) is 1.73. The van der Waals surface area contributed by atoms with Crippen LogP contribution in [0.3, 0.4) is 0 Å². The van der Waals surface area contributed by atoms with Crippen molar-refractivity contribution in [3.05, 3.63) is 58.4 Å². The van der Waals surface area contributed by atoms with Gasteiger partial charge in [-0.2, -0.15) is 0 Å². The van der Waals surface area contributed by atoms with E-state index in [-0.39, 0.29) is 5.82 Å². The van der Waals surface area contributed by atoms with Crippen molar-refractivity contribution in [1.29, 1.82) is 0 Å². The Bertz CT molecular complexity index is 628. The molecule has 0 aromatic heterocycles. The Hall–Kier alpha value is -1.58. The second-order valence-corrected chi connectivity index (χ2v) is 5.71. The first-order valence-corrected chi connectivity index (χ1v) is 7.29. The van der Waals surface area contributed by atoms with Gasteiger partial charge in [0.25, 0.3) is 0 Å². The molecule has 0 aliphatic carbocycles. The summed E-state index contributed by atoms with van der Waals surface area (Å²) >= 11 is 6.01. The molecule has 1 N–H and O–H groups in total. The van der Waals surface area contributed by atoms with E-state index < -0.39 is 0 Å². The molecule has 0 atom stereocenters. The highest BCUT2D eigenvalue weighted by Crippen LogP contribution is 2.28. The Balaban J connectivity index is 2.23.